The van der Waals surface area contributed by atoms with E-state index >= 15 is 0 Å². The Bertz CT molecular complexity index is 1170. The molecular weight excluding hydrogens is 416 g/mol. The summed E-state index contributed by atoms with van der Waals surface area (Å²) in [6.45, 7) is 3.87. The maximum absolute atomic E-state index is 13.2. The first kappa shape index (κ1) is 20.9. The van der Waals surface area contributed by atoms with E-state index in [1.54, 1.807) is 43.1 Å². The number of nitrogens with one attached hydrogen (secondary N) is 2. The van der Waals surface area contributed by atoms with E-state index in [9.17, 15) is 9.59 Å². The fourth-order valence-electron chi connectivity index (χ4n) is 4.11. The van der Waals surface area contributed by atoms with E-state index in [0.29, 0.717) is 22.2 Å². The summed E-state index contributed by atoms with van der Waals surface area (Å²) in [6, 6.07) is 11.5. The predicted octanol–water partition coefficient (Wildman–Crippen LogP) is 3.58. The third-order valence-electron chi connectivity index (χ3n) is 5.55. The maximum Gasteiger partial charge on any atom is 0.251 e. The molecule has 0 spiro atoms. The molecule has 0 saturated heterocycles. The van der Waals surface area contributed by atoms with Gasteiger partial charge >= 0.3 is 0 Å². The van der Waals surface area contributed by atoms with Crippen molar-refractivity contribution in [2.24, 2.45) is 7.05 Å². The number of benzene rings is 2. The highest BCUT2D eigenvalue weighted by atomic mass is 35.5. The van der Waals surface area contributed by atoms with Crippen molar-refractivity contribution >= 4 is 29.2 Å². The Hall–Kier alpha value is -3.32. The highest BCUT2D eigenvalue weighted by molar-refractivity contribution is 6.30. The number of halogens is 1. The highest BCUT2D eigenvalue weighted by Gasteiger charge is 2.42. The topological polar surface area (TPSA) is 85.2 Å². The second-order valence-corrected chi connectivity index (χ2v) is 8.08. The molecule has 160 valence electrons. The molecule has 1 aromatic heterocycles. The number of ether oxygens (including phenoxy) is 1. The van der Waals surface area contributed by atoms with Gasteiger partial charge in [0, 0.05) is 34.7 Å². The van der Waals surface area contributed by atoms with Crippen molar-refractivity contribution < 1.29 is 14.3 Å². The first-order valence-electron chi connectivity index (χ1n) is 9.85. The van der Waals surface area contributed by atoms with Crippen LogP contribution in [-0.4, -0.2) is 34.7 Å². The highest BCUT2D eigenvalue weighted by Crippen LogP contribution is 2.42. The second-order valence-electron chi connectivity index (χ2n) is 7.64. The van der Waals surface area contributed by atoms with Crippen LogP contribution in [0.2, 0.25) is 5.02 Å². The molecule has 1 aliphatic heterocycles. The van der Waals surface area contributed by atoms with Crippen LogP contribution in [0.4, 0.5) is 5.82 Å². The van der Waals surface area contributed by atoms with Crippen molar-refractivity contribution in [1.29, 1.82) is 0 Å². The lowest BCUT2D eigenvalue weighted by atomic mass is 9.81. The molecule has 2 atom stereocenters. The van der Waals surface area contributed by atoms with Crippen molar-refractivity contribution in [3.05, 3.63) is 75.4 Å². The van der Waals surface area contributed by atoms with Crippen LogP contribution in [0.5, 0.6) is 5.75 Å². The Kier molecular flexibility index (Phi) is 5.45. The number of aromatic nitrogens is 2. The van der Waals surface area contributed by atoms with E-state index in [1.807, 2.05) is 32.0 Å². The van der Waals surface area contributed by atoms with Gasteiger partial charge in [0.25, 0.3) is 5.91 Å². The van der Waals surface area contributed by atoms with Gasteiger partial charge in [0.2, 0.25) is 5.91 Å². The summed E-state index contributed by atoms with van der Waals surface area (Å²) in [6.07, 6.45) is 0. The molecule has 0 aliphatic carbocycles. The number of anilines is 1. The van der Waals surface area contributed by atoms with Crippen LogP contribution in [0.15, 0.2) is 42.5 Å². The number of methoxy groups -OCH3 is 1. The van der Waals surface area contributed by atoms with Gasteiger partial charge in [0.05, 0.1) is 12.8 Å². The van der Waals surface area contributed by atoms with E-state index in [-0.39, 0.29) is 11.8 Å². The standard InChI is InChI=1S/C23H23ClN4O3/c1-12-5-10-17(31-4)16(11-12)19-18-13(2)27-28(3)21(18)26-23(30)20(19)25-22(29)14-6-8-15(24)9-7-14/h5-11,19-20H,1-4H3,(H,25,29)(H,26,30)/t19-,20+/m1/s1. The molecular formula is C23H23ClN4O3. The Morgan fingerprint density at radius 2 is 1.90 bits per heavy atom. The summed E-state index contributed by atoms with van der Waals surface area (Å²) in [5.74, 6) is 0.117. The van der Waals surface area contributed by atoms with Gasteiger partial charge in [-0.3, -0.25) is 14.3 Å². The van der Waals surface area contributed by atoms with Gasteiger partial charge < -0.3 is 15.4 Å². The molecule has 3 aromatic rings. The lowest BCUT2D eigenvalue weighted by Crippen LogP contribution is -2.50. The molecule has 0 unspecified atom stereocenters. The largest absolute Gasteiger partial charge is 0.496 e. The third-order valence-corrected chi connectivity index (χ3v) is 5.80. The lowest BCUT2D eigenvalue weighted by molar-refractivity contribution is -0.118. The number of nitrogens with zero attached hydrogens (tertiary/aromatic N) is 2. The predicted molar refractivity (Wildman–Crippen MR) is 119 cm³/mol. The first-order valence-corrected chi connectivity index (χ1v) is 10.2. The number of amides is 2. The van der Waals surface area contributed by atoms with Gasteiger partial charge in [-0.05, 0) is 44.2 Å². The molecule has 2 aromatic carbocycles. The molecule has 7 nitrogen and oxygen atoms in total. The van der Waals surface area contributed by atoms with Gasteiger partial charge in [-0.25, -0.2) is 0 Å². The number of fused-ring (bicyclic) bond motifs is 1. The summed E-state index contributed by atoms with van der Waals surface area (Å²) in [4.78, 5) is 26.2. The van der Waals surface area contributed by atoms with Crippen LogP contribution < -0.4 is 15.4 Å². The number of aryl methyl sites for hydroxylation is 3. The quantitative estimate of drug-likeness (QED) is 0.652. The molecule has 2 amide bonds. The minimum Gasteiger partial charge on any atom is -0.496 e. The van der Waals surface area contributed by atoms with E-state index < -0.39 is 12.0 Å². The molecule has 31 heavy (non-hydrogen) atoms. The van der Waals surface area contributed by atoms with Crippen molar-refractivity contribution in [1.82, 2.24) is 15.1 Å². The van der Waals surface area contributed by atoms with Gasteiger partial charge in [-0.2, -0.15) is 5.10 Å². The summed E-state index contributed by atoms with van der Waals surface area (Å²) >= 11 is 5.94. The van der Waals surface area contributed by atoms with Crippen molar-refractivity contribution in [3.63, 3.8) is 0 Å². The van der Waals surface area contributed by atoms with Gasteiger partial charge in [0.1, 0.15) is 17.6 Å². The van der Waals surface area contributed by atoms with Gasteiger partial charge in [-0.15, -0.1) is 0 Å². The zero-order valence-corrected chi connectivity index (χ0v) is 18.4. The van der Waals surface area contributed by atoms with Gasteiger partial charge in [0.15, 0.2) is 0 Å². The second kappa shape index (κ2) is 8.07. The van der Waals surface area contributed by atoms with E-state index in [0.717, 1.165) is 22.4 Å². The van der Waals surface area contributed by atoms with Crippen LogP contribution in [0.25, 0.3) is 0 Å². The molecule has 2 N–H and O–H groups in total. The van der Waals surface area contributed by atoms with E-state index in [4.69, 9.17) is 16.3 Å². The normalized spacial score (nSPS) is 17.6. The molecule has 0 bridgehead atoms. The van der Waals surface area contributed by atoms with Crippen molar-refractivity contribution in [2.75, 3.05) is 12.4 Å². The maximum atomic E-state index is 13.2. The average Bonchev–Trinajstić information content (AvgIpc) is 3.02. The van der Waals surface area contributed by atoms with Crippen LogP contribution in [0, 0.1) is 13.8 Å². The molecule has 0 saturated carbocycles. The van der Waals surface area contributed by atoms with Crippen LogP contribution in [-0.2, 0) is 11.8 Å². The Morgan fingerprint density at radius 3 is 2.58 bits per heavy atom. The average molecular weight is 439 g/mol. The summed E-state index contributed by atoms with van der Waals surface area (Å²) in [5.41, 5.74) is 3.88. The summed E-state index contributed by atoms with van der Waals surface area (Å²) in [5, 5.41) is 10.8. The minimum atomic E-state index is -0.853. The smallest absolute Gasteiger partial charge is 0.251 e. The fourth-order valence-corrected chi connectivity index (χ4v) is 4.24. The minimum absolute atomic E-state index is 0.314. The van der Waals surface area contributed by atoms with Gasteiger partial charge in [-0.1, -0.05) is 29.3 Å². The zero-order chi connectivity index (χ0) is 22.3. The fraction of sp³-hybridized carbons (Fsp3) is 0.261. The van der Waals surface area contributed by atoms with E-state index in [1.165, 1.54) is 0 Å². The number of hydrogen-bond acceptors (Lipinski definition) is 4. The van der Waals surface area contributed by atoms with Crippen LogP contribution in [0.1, 0.15) is 38.7 Å². The van der Waals surface area contributed by atoms with Crippen LogP contribution in [0.3, 0.4) is 0 Å². The van der Waals surface area contributed by atoms with Crippen molar-refractivity contribution in [3.8, 4) is 5.75 Å². The number of carbonyl (C=O) groups is 2. The first-order chi connectivity index (χ1) is 14.8. The van der Waals surface area contributed by atoms with E-state index in [2.05, 4.69) is 15.7 Å². The molecule has 4 rings (SSSR count). The number of hydrogen-bond donors (Lipinski definition) is 2. The number of rotatable bonds is 4. The van der Waals surface area contributed by atoms with Crippen LogP contribution >= 0.6 is 11.6 Å². The molecule has 8 heteroatoms. The molecule has 2 heterocycles. The third kappa shape index (κ3) is 3.77. The Labute approximate surface area is 185 Å². The lowest BCUT2D eigenvalue weighted by Gasteiger charge is -2.33. The summed E-state index contributed by atoms with van der Waals surface area (Å²) in [7, 11) is 3.37. The Morgan fingerprint density at radius 1 is 1.19 bits per heavy atom. The van der Waals surface area contributed by atoms with Crippen molar-refractivity contribution in [2.45, 2.75) is 25.8 Å². The molecule has 0 fully saturated rings. The monoisotopic (exact) mass is 438 g/mol. The molecule has 1 aliphatic rings. The number of carbonyl (C=O) groups excluding carboxylic acids is 2. The zero-order valence-electron chi connectivity index (χ0n) is 17.7. The SMILES string of the molecule is COc1ccc(C)cc1[C@@H]1c2c(C)nn(C)c2NC(=O)[C@H]1NC(=O)c1ccc(Cl)cc1. The molecule has 0 radical (unpaired) electrons. The Balaban J connectivity index is 1.84. The summed E-state index contributed by atoms with van der Waals surface area (Å²) < 4.78 is 7.26.